The summed E-state index contributed by atoms with van der Waals surface area (Å²) in [7, 11) is 0. The number of nitrogens with one attached hydrogen (secondary N) is 1. The maximum absolute atomic E-state index is 13.0. The highest BCUT2D eigenvalue weighted by atomic mass is 19.3. The predicted molar refractivity (Wildman–Crippen MR) is 34.0 cm³/mol. The third-order valence-electron chi connectivity index (χ3n) is 2.73. The van der Waals surface area contributed by atoms with Gasteiger partial charge >= 0.3 is 0 Å². The van der Waals surface area contributed by atoms with Gasteiger partial charge in [-0.15, -0.1) is 0 Å². The summed E-state index contributed by atoms with van der Waals surface area (Å²) in [4.78, 5) is 0. The molecule has 2 unspecified atom stereocenters. The lowest BCUT2D eigenvalue weighted by molar-refractivity contribution is -0.0890. The summed E-state index contributed by atoms with van der Waals surface area (Å²) in [5.74, 6) is -3.09. The van der Waals surface area contributed by atoms with Crippen molar-refractivity contribution in [3.63, 3.8) is 0 Å². The highest BCUT2D eigenvalue weighted by Crippen LogP contribution is 2.46. The lowest BCUT2D eigenvalue weighted by Gasteiger charge is -2.30. The molecule has 1 heterocycles. The molecule has 0 spiro atoms. The first kappa shape index (κ1) is 6.53. The van der Waals surface area contributed by atoms with E-state index in [0.717, 1.165) is 0 Å². The fourth-order valence-corrected chi connectivity index (χ4v) is 2.03. The zero-order valence-electron chi connectivity index (χ0n) is 5.74. The van der Waals surface area contributed by atoms with E-state index in [1.54, 1.807) is 0 Å². The van der Waals surface area contributed by atoms with E-state index < -0.39 is 5.92 Å². The molecule has 1 saturated heterocycles. The number of piperidine rings is 1. The summed E-state index contributed by atoms with van der Waals surface area (Å²) >= 11 is 0. The first-order valence-corrected chi connectivity index (χ1v) is 3.80. The van der Waals surface area contributed by atoms with Crippen molar-refractivity contribution in [1.82, 2.24) is 5.32 Å². The molecular weight excluding hydrogens is 136 g/mol. The Kier molecular flexibility index (Phi) is 1.24. The molecule has 2 atom stereocenters. The van der Waals surface area contributed by atoms with E-state index in [1.807, 2.05) is 0 Å². The Hall–Kier alpha value is -0.180. The summed E-state index contributed by atoms with van der Waals surface area (Å²) in [6.07, 6.45) is 1.43. The van der Waals surface area contributed by atoms with Crippen LogP contribution in [0.5, 0.6) is 0 Å². The Bertz CT molecular complexity index is 129. The average molecular weight is 147 g/mol. The van der Waals surface area contributed by atoms with Crippen LogP contribution >= 0.6 is 0 Å². The van der Waals surface area contributed by atoms with Crippen LogP contribution in [0.15, 0.2) is 0 Å². The van der Waals surface area contributed by atoms with Crippen molar-refractivity contribution in [3.8, 4) is 0 Å². The molecule has 2 rings (SSSR count). The Morgan fingerprint density at radius 2 is 1.60 bits per heavy atom. The van der Waals surface area contributed by atoms with Gasteiger partial charge < -0.3 is 5.32 Å². The molecule has 2 bridgehead atoms. The Balaban J connectivity index is 2.21. The van der Waals surface area contributed by atoms with Gasteiger partial charge in [-0.1, -0.05) is 0 Å². The van der Waals surface area contributed by atoms with Crippen molar-refractivity contribution < 1.29 is 8.78 Å². The molecule has 0 amide bonds. The van der Waals surface area contributed by atoms with Gasteiger partial charge in [0.25, 0.3) is 5.92 Å². The fourth-order valence-electron chi connectivity index (χ4n) is 2.03. The minimum atomic E-state index is -2.36. The van der Waals surface area contributed by atoms with Crippen molar-refractivity contribution in [2.75, 3.05) is 13.1 Å². The van der Waals surface area contributed by atoms with Crippen LogP contribution in [-0.2, 0) is 0 Å². The molecule has 0 aromatic rings. The highest BCUT2D eigenvalue weighted by Gasteiger charge is 2.53. The summed E-state index contributed by atoms with van der Waals surface area (Å²) in [5.41, 5.74) is 0. The standard InChI is InChI=1S/C7H11F2N/c8-7(9)5-1-2-6(7)4-10-3-5/h5-6,10H,1-4H2. The predicted octanol–water partition coefficient (Wildman–Crippen LogP) is 1.25. The van der Waals surface area contributed by atoms with Crippen LogP contribution in [0.3, 0.4) is 0 Å². The zero-order chi connectivity index (χ0) is 7.19. The van der Waals surface area contributed by atoms with Crippen molar-refractivity contribution in [3.05, 3.63) is 0 Å². The van der Waals surface area contributed by atoms with Crippen LogP contribution in [0, 0.1) is 11.8 Å². The van der Waals surface area contributed by atoms with E-state index in [2.05, 4.69) is 5.32 Å². The summed E-state index contributed by atoms with van der Waals surface area (Å²) in [6, 6.07) is 0. The van der Waals surface area contributed by atoms with Crippen LogP contribution < -0.4 is 5.32 Å². The Morgan fingerprint density at radius 3 is 2.00 bits per heavy atom. The van der Waals surface area contributed by atoms with Gasteiger partial charge in [0.15, 0.2) is 0 Å². The average Bonchev–Trinajstić information content (AvgIpc) is 2.17. The summed E-state index contributed by atoms with van der Waals surface area (Å²) in [6.45, 7) is 1.03. The largest absolute Gasteiger partial charge is 0.316 e. The van der Waals surface area contributed by atoms with Gasteiger partial charge in [-0.3, -0.25) is 0 Å². The number of rotatable bonds is 0. The highest BCUT2D eigenvalue weighted by molar-refractivity contribution is 4.97. The van der Waals surface area contributed by atoms with E-state index in [1.165, 1.54) is 0 Å². The van der Waals surface area contributed by atoms with Gasteiger partial charge in [0.05, 0.1) is 0 Å². The SMILES string of the molecule is FC1(F)C2CCC1CNC2. The second-order valence-electron chi connectivity index (χ2n) is 3.30. The minimum Gasteiger partial charge on any atom is -0.316 e. The van der Waals surface area contributed by atoms with Gasteiger partial charge in [-0.05, 0) is 12.8 Å². The van der Waals surface area contributed by atoms with Crippen LogP contribution in [0.1, 0.15) is 12.8 Å². The molecule has 58 valence electrons. The molecule has 0 aromatic carbocycles. The smallest absolute Gasteiger partial charge is 0.256 e. The normalized spacial score (nSPS) is 43.8. The van der Waals surface area contributed by atoms with Crippen molar-refractivity contribution in [1.29, 1.82) is 0 Å². The molecule has 1 nitrogen and oxygen atoms in total. The minimum absolute atomic E-state index is 0.369. The lowest BCUT2D eigenvalue weighted by atomic mass is 9.96. The van der Waals surface area contributed by atoms with Crippen molar-refractivity contribution >= 4 is 0 Å². The van der Waals surface area contributed by atoms with Gasteiger partial charge in [0.2, 0.25) is 0 Å². The maximum atomic E-state index is 13.0. The van der Waals surface area contributed by atoms with Gasteiger partial charge in [0, 0.05) is 24.9 Å². The molecule has 10 heavy (non-hydrogen) atoms. The molecule has 0 radical (unpaired) electrons. The quantitative estimate of drug-likeness (QED) is 0.543. The van der Waals surface area contributed by atoms with Crippen LogP contribution in [0.4, 0.5) is 8.78 Å². The van der Waals surface area contributed by atoms with Gasteiger partial charge in [-0.2, -0.15) is 0 Å². The number of fused-ring (bicyclic) bond motifs is 2. The number of hydrogen-bond donors (Lipinski definition) is 1. The fraction of sp³-hybridized carbons (Fsp3) is 1.00. The first-order chi connectivity index (χ1) is 4.71. The Morgan fingerprint density at radius 1 is 1.10 bits per heavy atom. The first-order valence-electron chi connectivity index (χ1n) is 3.80. The number of halogens is 2. The van der Waals surface area contributed by atoms with Gasteiger partial charge in [-0.25, -0.2) is 8.78 Å². The molecule has 1 N–H and O–H groups in total. The van der Waals surface area contributed by atoms with E-state index in [0.29, 0.717) is 25.9 Å². The molecule has 0 aromatic heterocycles. The van der Waals surface area contributed by atoms with E-state index in [4.69, 9.17) is 0 Å². The second kappa shape index (κ2) is 1.91. The van der Waals surface area contributed by atoms with Crippen LogP contribution in [0.2, 0.25) is 0 Å². The molecule has 2 fully saturated rings. The van der Waals surface area contributed by atoms with Crippen molar-refractivity contribution in [2.24, 2.45) is 11.8 Å². The van der Waals surface area contributed by atoms with Crippen LogP contribution in [-0.4, -0.2) is 19.0 Å². The number of alkyl halides is 2. The third kappa shape index (κ3) is 0.698. The topological polar surface area (TPSA) is 12.0 Å². The van der Waals surface area contributed by atoms with Crippen molar-refractivity contribution in [2.45, 2.75) is 18.8 Å². The molecule has 1 saturated carbocycles. The summed E-state index contributed by atoms with van der Waals surface area (Å²) in [5, 5.41) is 3.02. The molecule has 2 aliphatic rings. The van der Waals surface area contributed by atoms with Gasteiger partial charge in [0.1, 0.15) is 0 Å². The zero-order valence-corrected chi connectivity index (χ0v) is 5.74. The lowest BCUT2D eigenvalue weighted by Crippen LogP contribution is -2.46. The molecule has 1 aliphatic carbocycles. The molecular formula is C7H11F2N. The molecule has 3 heteroatoms. The van der Waals surface area contributed by atoms with E-state index in [-0.39, 0.29) is 11.8 Å². The molecule has 1 aliphatic heterocycles. The monoisotopic (exact) mass is 147 g/mol. The number of hydrogen-bond acceptors (Lipinski definition) is 1. The third-order valence-corrected chi connectivity index (χ3v) is 2.73. The maximum Gasteiger partial charge on any atom is 0.256 e. The summed E-state index contributed by atoms with van der Waals surface area (Å²) < 4.78 is 26.0. The van der Waals surface area contributed by atoms with Crippen LogP contribution in [0.25, 0.3) is 0 Å². The van der Waals surface area contributed by atoms with E-state index in [9.17, 15) is 8.78 Å². The van der Waals surface area contributed by atoms with E-state index >= 15 is 0 Å². The second-order valence-corrected chi connectivity index (χ2v) is 3.30. The Labute approximate surface area is 58.8 Å².